The van der Waals surface area contributed by atoms with Gasteiger partial charge < -0.3 is 24.6 Å². The molecule has 0 rings (SSSR count). The summed E-state index contributed by atoms with van der Waals surface area (Å²) in [5.74, 6) is 3.42. The summed E-state index contributed by atoms with van der Waals surface area (Å²) in [7, 11) is 10.9. The molecule has 0 radical (unpaired) electrons. The molecule has 53 heavy (non-hydrogen) atoms. The van der Waals surface area contributed by atoms with E-state index < -0.39 is 0 Å². The molecule has 0 aliphatic carbocycles. The first kappa shape index (κ1) is 53.9. The number of hydrogen-bond donors (Lipinski definition) is 2. The monoisotopic (exact) mass is 862 g/mol. The first-order valence-corrected chi connectivity index (χ1v) is 28.4. The van der Waals surface area contributed by atoms with Gasteiger partial charge >= 0.3 is 11.9 Å². The lowest BCUT2D eigenvalue weighted by atomic mass is 10.1. The number of aliphatic hydroxyl groups excluding tert-OH is 2. The van der Waals surface area contributed by atoms with E-state index in [9.17, 15) is 19.8 Å². The lowest BCUT2D eigenvalue weighted by Gasteiger charge is -2.25. The van der Waals surface area contributed by atoms with Crippen LogP contribution in [0.4, 0.5) is 0 Å². The number of unbranched alkanes of at least 4 members (excludes halogenated alkanes) is 14. The minimum absolute atomic E-state index is 0.0429. The van der Waals surface area contributed by atoms with Gasteiger partial charge in [-0.2, -0.15) is 0 Å². The lowest BCUT2D eigenvalue weighted by molar-refractivity contribution is -0.147. The number of aliphatic hydroxyl groups is 2. The predicted molar refractivity (Wildman–Crippen MR) is 242 cm³/mol. The van der Waals surface area contributed by atoms with E-state index in [-0.39, 0.29) is 50.2 Å². The van der Waals surface area contributed by atoms with E-state index in [1.165, 1.54) is 103 Å². The molecule has 0 aromatic heterocycles. The molecule has 8 nitrogen and oxygen atoms in total. The number of esters is 2. The number of rotatable bonds is 42. The molecule has 2 atom stereocenters. The van der Waals surface area contributed by atoms with Crippen molar-refractivity contribution in [2.45, 2.75) is 162 Å². The average Bonchev–Trinajstić information content (AvgIpc) is 3.13. The summed E-state index contributed by atoms with van der Waals surface area (Å²) in [5, 5.41) is 18.7. The summed E-state index contributed by atoms with van der Waals surface area (Å²) < 4.78 is 11.4. The average molecular weight is 863 g/mol. The second-order valence-electron chi connectivity index (χ2n) is 13.9. The molecule has 2 unspecified atom stereocenters. The Bertz CT molecular complexity index is 752. The van der Waals surface area contributed by atoms with Gasteiger partial charge in [-0.1, -0.05) is 147 Å². The van der Waals surface area contributed by atoms with Crippen LogP contribution in [0.5, 0.6) is 0 Å². The molecule has 316 valence electrons. The van der Waals surface area contributed by atoms with E-state index in [1.807, 2.05) is 40.3 Å². The molecule has 0 aliphatic heterocycles. The van der Waals surface area contributed by atoms with Crippen molar-refractivity contribution in [3.63, 3.8) is 0 Å². The zero-order chi connectivity index (χ0) is 39.0. The maximum Gasteiger partial charge on any atom is 0.307 e. The van der Waals surface area contributed by atoms with E-state index in [1.54, 1.807) is 41.2 Å². The van der Waals surface area contributed by atoms with Gasteiger partial charge in [0.1, 0.15) is 12.2 Å². The van der Waals surface area contributed by atoms with E-state index in [0.29, 0.717) is 32.7 Å². The van der Waals surface area contributed by atoms with Crippen LogP contribution >= 0.6 is 62.8 Å². The fourth-order valence-electron chi connectivity index (χ4n) is 5.58. The summed E-state index contributed by atoms with van der Waals surface area (Å²) >= 11 is 0. The van der Waals surface area contributed by atoms with Crippen molar-refractivity contribution >= 4 is 74.8 Å². The maximum atomic E-state index is 12.7. The van der Waals surface area contributed by atoms with Crippen LogP contribution < -0.4 is 0 Å². The molecule has 0 aromatic carbocycles. The molecule has 0 saturated carbocycles. The Hall–Kier alpha value is 0.880. The van der Waals surface area contributed by atoms with Gasteiger partial charge in [-0.25, -0.2) is 0 Å². The van der Waals surface area contributed by atoms with Gasteiger partial charge in [0.25, 0.3) is 0 Å². The van der Waals surface area contributed by atoms with Crippen molar-refractivity contribution in [1.29, 1.82) is 0 Å². The zero-order valence-corrected chi connectivity index (χ0v) is 38.8. The van der Waals surface area contributed by atoms with Gasteiger partial charge in [0.05, 0.1) is 26.1 Å². The third-order valence-corrected chi connectivity index (χ3v) is 17.6. The molecule has 0 bridgehead atoms. The van der Waals surface area contributed by atoms with Crippen molar-refractivity contribution in [1.82, 2.24) is 9.80 Å². The first-order valence-electron chi connectivity index (χ1n) is 20.7. The largest absolute Gasteiger partial charge is 0.462 e. The van der Waals surface area contributed by atoms with Gasteiger partial charge in [-0.15, -0.1) is 0 Å². The fraction of sp³-hybridized carbons (Fsp3) is 0.949. The summed E-state index contributed by atoms with van der Waals surface area (Å²) in [5.41, 5.74) is 0. The van der Waals surface area contributed by atoms with Gasteiger partial charge in [-0.05, 0) is 65.9 Å². The molecule has 0 heterocycles. The normalized spacial score (nSPS) is 12.8. The van der Waals surface area contributed by atoms with Crippen molar-refractivity contribution < 1.29 is 29.3 Å². The van der Waals surface area contributed by atoms with E-state index in [4.69, 9.17) is 9.47 Å². The quantitative estimate of drug-likeness (QED) is 0.0346. The molecule has 0 aliphatic rings. The highest BCUT2D eigenvalue weighted by Crippen LogP contribution is 2.36. The molecular weight excluding hydrogens is 785 g/mol. The van der Waals surface area contributed by atoms with Gasteiger partial charge in [0.15, 0.2) is 0 Å². The zero-order valence-electron chi connectivity index (χ0n) is 33.9. The molecule has 0 spiro atoms. The Morgan fingerprint density at radius 3 is 1.23 bits per heavy atom. The van der Waals surface area contributed by atoms with Crippen molar-refractivity contribution in [3.8, 4) is 0 Å². The van der Waals surface area contributed by atoms with Crippen LogP contribution in [0, 0.1) is 0 Å². The van der Waals surface area contributed by atoms with Crippen LogP contribution in [0.15, 0.2) is 0 Å². The Balaban J connectivity index is 4.37. The van der Waals surface area contributed by atoms with E-state index in [0.717, 1.165) is 36.0 Å². The van der Waals surface area contributed by atoms with Gasteiger partial charge in [-0.3, -0.25) is 14.5 Å². The van der Waals surface area contributed by atoms with Crippen LogP contribution in [0.2, 0.25) is 0 Å². The third-order valence-electron chi connectivity index (χ3n) is 8.67. The molecular formula is C39H78N2O6S6. The number of carbonyl (C=O) groups is 2. The van der Waals surface area contributed by atoms with Crippen LogP contribution in [0.25, 0.3) is 0 Å². The second-order valence-corrected chi connectivity index (χ2v) is 22.7. The smallest absolute Gasteiger partial charge is 0.307 e. The van der Waals surface area contributed by atoms with E-state index >= 15 is 0 Å². The number of nitrogens with zero attached hydrogens (tertiary/aromatic N) is 2. The Morgan fingerprint density at radius 2 is 0.849 bits per heavy atom. The van der Waals surface area contributed by atoms with Crippen LogP contribution in [-0.2, 0) is 19.1 Å². The van der Waals surface area contributed by atoms with Gasteiger partial charge in [0.2, 0.25) is 0 Å². The minimum Gasteiger partial charge on any atom is -0.462 e. The van der Waals surface area contributed by atoms with Crippen molar-refractivity contribution in [2.75, 3.05) is 75.5 Å². The number of ether oxygens (including phenoxy) is 2. The highest BCUT2D eigenvalue weighted by molar-refractivity contribution is 9.09. The highest BCUT2D eigenvalue weighted by Gasteiger charge is 2.16. The van der Waals surface area contributed by atoms with Crippen LogP contribution in [0.3, 0.4) is 0 Å². The maximum absolute atomic E-state index is 12.7. The number of carbonyl (C=O) groups excluding carboxylic acids is 2. The summed E-state index contributed by atoms with van der Waals surface area (Å²) in [6.07, 6.45) is 22.5. The van der Waals surface area contributed by atoms with Gasteiger partial charge in [0, 0.05) is 49.2 Å². The SMILES string of the molecule is CCCCCCCCCCSSSCC(C)OC(=O)CCN(CCCN(CCO)CCO)CCC(=O)OC(C)CSSSCCCCCCCCCC. The summed E-state index contributed by atoms with van der Waals surface area (Å²) in [4.78, 5) is 29.6. The standard InChI is InChI=1S/C39H78N2O6S6/c1-5-7-9-11-13-15-17-19-32-48-52-50-34-36(3)46-38(44)22-26-40(24-21-25-41(28-30-42)29-31-43)27-23-39(45)47-37(4)35-51-53-49-33-20-18-16-14-12-10-8-6-2/h36-37,42-43H,5-35H2,1-4H3. The van der Waals surface area contributed by atoms with Crippen LogP contribution in [-0.4, -0.2) is 120 Å². The van der Waals surface area contributed by atoms with Crippen LogP contribution in [0.1, 0.15) is 150 Å². The Morgan fingerprint density at radius 1 is 0.491 bits per heavy atom. The second kappa shape index (κ2) is 42.5. The lowest BCUT2D eigenvalue weighted by Crippen LogP contribution is -2.35. The fourth-order valence-corrected chi connectivity index (χ4v) is 13.6. The summed E-state index contributed by atoms with van der Waals surface area (Å²) in [6, 6.07) is 0. The molecule has 0 amide bonds. The third kappa shape index (κ3) is 39.5. The predicted octanol–water partition coefficient (Wildman–Crippen LogP) is 10.9. The molecule has 0 fully saturated rings. The molecule has 2 N–H and O–H groups in total. The molecule has 0 aromatic rings. The highest BCUT2D eigenvalue weighted by atomic mass is 33.5. The minimum atomic E-state index is -0.215. The van der Waals surface area contributed by atoms with Crippen molar-refractivity contribution in [2.24, 2.45) is 0 Å². The number of hydrogen-bond acceptors (Lipinski definition) is 14. The Kier molecular flexibility index (Phi) is 43.2. The topological polar surface area (TPSA) is 99.5 Å². The molecule has 0 saturated heterocycles. The summed E-state index contributed by atoms with van der Waals surface area (Å²) in [6.45, 7) is 12.0. The Labute approximate surface area is 349 Å². The van der Waals surface area contributed by atoms with Crippen molar-refractivity contribution in [3.05, 3.63) is 0 Å². The van der Waals surface area contributed by atoms with E-state index in [2.05, 4.69) is 18.7 Å². The first-order chi connectivity index (χ1) is 25.9. The molecule has 14 heteroatoms.